The van der Waals surface area contributed by atoms with Crippen LogP contribution in [0.4, 0.5) is 4.39 Å². The van der Waals surface area contributed by atoms with Crippen molar-refractivity contribution in [3.8, 4) is 5.75 Å². The predicted octanol–water partition coefficient (Wildman–Crippen LogP) is 1.79. The van der Waals surface area contributed by atoms with Gasteiger partial charge >= 0.3 is 0 Å². The van der Waals surface area contributed by atoms with Crippen LogP contribution in [0.15, 0.2) is 24.3 Å². The highest BCUT2D eigenvalue weighted by molar-refractivity contribution is 7.99. The van der Waals surface area contributed by atoms with Crippen LogP contribution in [-0.4, -0.2) is 36.2 Å². The zero-order valence-electron chi connectivity index (χ0n) is 11.1. The molecule has 2 N–H and O–H groups in total. The monoisotopic (exact) mass is 320 g/mol. The lowest BCUT2D eigenvalue weighted by Crippen LogP contribution is -2.44. The summed E-state index contributed by atoms with van der Waals surface area (Å²) in [5, 5.41) is 5.95. The molecule has 2 unspecified atom stereocenters. The summed E-state index contributed by atoms with van der Waals surface area (Å²) >= 11 is 1.71. The summed E-state index contributed by atoms with van der Waals surface area (Å²) in [5.74, 6) is 1.93. The van der Waals surface area contributed by atoms with Crippen LogP contribution >= 0.6 is 24.2 Å². The van der Waals surface area contributed by atoms with Crippen molar-refractivity contribution < 1.29 is 13.9 Å². The van der Waals surface area contributed by atoms with Gasteiger partial charge in [-0.15, -0.1) is 24.2 Å². The highest BCUT2D eigenvalue weighted by Crippen LogP contribution is 2.13. The molecule has 2 atom stereocenters. The fourth-order valence-electron chi connectivity index (χ4n) is 1.72. The fraction of sp³-hybridized carbons (Fsp3) is 0.462. The van der Waals surface area contributed by atoms with Crippen molar-refractivity contribution in [3.63, 3.8) is 0 Å². The van der Waals surface area contributed by atoms with Crippen molar-refractivity contribution in [2.45, 2.75) is 19.1 Å². The average Bonchev–Trinajstić information content (AvgIpc) is 2.93. The molecule has 1 aliphatic rings. The average molecular weight is 321 g/mol. The Morgan fingerprint density at radius 1 is 1.55 bits per heavy atom. The molecule has 1 heterocycles. The number of nitrogens with one attached hydrogen (secondary N) is 2. The normalized spacial score (nSPS) is 19.0. The quantitative estimate of drug-likeness (QED) is 0.868. The Morgan fingerprint density at radius 3 is 2.85 bits per heavy atom. The van der Waals surface area contributed by atoms with E-state index < -0.39 is 0 Å². The summed E-state index contributed by atoms with van der Waals surface area (Å²) < 4.78 is 18.3. The maximum Gasteiger partial charge on any atom is 0.238 e. The Morgan fingerprint density at radius 2 is 2.25 bits per heavy atom. The van der Waals surface area contributed by atoms with E-state index in [1.807, 2.05) is 6.92 Å². The summed E-state index contributed by atoms with van der Waals surface area (Å²) in [5.41, 5.74) is 0. The Balaban J connectivity index is 0.00000200. The van der Waals surface area contributed by atoms with Gasteiger partial charge in [-0.3, -0.25) is 10.1 Å². The van der Waals surface area contributed by atoms with E-state index in [4.69, 9.17) is 4.74 Å². The SMILES string of the molecule is CC(CNC(=O)C1CSCN1)Oc1ccc(F)cc1.Cl. The Bertz CT molecular complexity index is 427. The fourth-order valence-corrected chi connectivity index (χ4v) is 2.66. The van der Waals surface area contributed by atoms with E-state index in [-0.39, 0.29) is 36.3 Å². The predicted molar refractivity (Wildman–Crippen MR) is 81.0 cm³/mol. The molecule has 1 saturated heterocycles. The third kappa shape index (κ3) is 5.19. The van der Waals surface area contributed by atoms with Crippen LogP contribution in [0.25, 0.3) is 0 Å². The molecule has 0 bridgehead atoms. The van der Waals surface area contributed by atoms with Crippen LogP contribution in [0.2, 0.25) is 0 Å². The molecule has 4 nitrogen and oxygen atoms in total. The van der Waals surface area contributed by atoms with Gasteiger partial charge in [-0.1, -0.05) is 0 Å². The first-order valence-electron chi connectivity index (χ1n) is 6.16. The third-order valence-electron chi connectivity index (χ3n) is 2.75. The van der Waals surface area contributed by atoms with Gasteiger partial charge in [-0.05, 0) is 31.2 Å². The maximum atomic E-state index is 12.7. The van der Waals surface area contributed by atoms with Gasteiger partial charge in [0.25, 0.3) is 0 Å². The molecule has 1 amide bonds. The third-order valence-corrected chi connectivity index (χ3v) is 3.69. The van der Waals surface area contributed by atoms with E-state index in [1.54, 1.807) is 23.9 Å². The van der Waals surface area contributed by atoms with Crippen LogP contribution in [0, 0.1) is 5.82 Å². The lowest BCUT2D eigenvalue weighted by Gasteiger charge is -2.17. The minimum Gasteiger partial charge on any atom is -0.489 e. The maximum absolute atomic E-state index is 12.7. The minimum atomic E-state index is -0.293. The molecule has 7 heteroatoms. The summed E-state index contributed by atoms with van der Waals surface area (Å²) in [7, 11) is 0. The number of hydrogen-bond donors (Lipinski definition) is 2. The van der Waals surface area contributed by atoms with Crippen LogP contribution in [0.5, 0.6) is 5.75 Å². The summed E-state index contributed by atoms with van der Waals surface area (Å²) in [6.07, 6.45) is -0.163. The lowest BCUT2D eigenvalue weighted by molar-refractivity contribution is -0.122. The lowest BCUT2D eigenvalue weighted by atomic mass is 10.3. The molecular weight excluding hydrogens is 303 g/mol. The van der Waals surface area contributed by atoms with Gasteiger partial charge in [0.15, 0.2) is 0 Å². The zero-order valence-corrected chi connectivity index (χ0v) is 12.7. The number of benzene rings is 1. The smallest absolute Gasteiger partial charge is 0.238 e. The molecule has 1 fully saturated rings. The topological polar surface area (TPSA) is 50.4 Å². The largest absolute Gasteiger partial charge is 0.489 e. The van der Waals surface area contributed by atoms with Crippen molar-refractivity contribution in [2.24, 2.45) is 0 Å². The molecule has 2 rings (SSSR count). The molecule has 1 aromatic carbocycles. The van der Waals surface area contributed by atoms with Gasteiger partial charge < -0.3 is 10.1 Å². The number of rotatable bonds is 5. The summed E-state index contributed by atoms with van der Waals surface area (Å²) in [6, 6.07) is 5.73. The Hall–Kier alpha value is -0.980. The summed E-state index contributed by atoms with van der Waals surface area (Å²) in [6.45, 7) is 2.29. The number of amides is 1. The van der Waals surface area contributed by atoms with Gasteiger partial charge in [-0.2, -0.15) is 0 Å². The van der Waals surface area contributed by atoms with E-state index in [1.165, 1.54) is 12.1 Å². The first kappa shape index (κ1) is 17.1. The first-order valence-corrected chi connectivity index (χ1v) is 7.31. The standard InChI is InChI=1S/C13H17FN2O2S.ClH/c1-9(18-11-4-2-10(14)3-5-11)6-15-13(17)12-7-19-8-16-12;/h2-5,9,12,16H,6-8H2,1H3,(H,15,17);1H. The molecular formula is C13H18ClFN2O2S. The van der Waals surface area contributed by atoms with Gasteiger partial charge in [0.2, 0.25) is 5.91 Å². The highest BCUT2D eigenvalue weighted by atomic mass is 35.5. The van der Waals surface area contributed by atoms with Gasteiger partial charge in [0, 0.05) is 11.6 Å². The molecule has 1 aliphatic heterocycles. The van der Waals surface area contributed by atoms with E-state index in [9.17, 15) is 9.18 Å². The number of halogens is 2. The Labute approximate surface area is 128 Å². The van der Waals surface area contributed by atoms with Gasteiger partial charge in [0.05, 0.1) is 12.6 Å². The number of ether oxygens (including phenoxy) is 1. The summed E-state index contributed by atoms with van der Waals surface area (Å²) in [4.78, 5) is 11.8. The Kier molecular flexibility index (Phi) is 7.12. The number of carbonyl (C=O) groups is 1. The number of thioether (sulfide) groups is 1. The molecule has 20 heavy (non-hydrogen) atoms. The molecule has 1 aromatic rings. The number of hydrogen-bond acceptors (Lipinski definition) is 4. The molecule has 0 spiro atoms. The van der Waals surface area contributed by atoms with Crippen molar-refractivity contribution in [1.29, 1.82) is 0 Å². The second-order valence-electron chi connectivity index (χ2n) is 4.40. The van der Waals surface area contributed by atoms with E-state index >= 15 is 0 Å². The van der Waals surface area contributed by atoms with E-state index in [0.717, 1.165) is 11.6 Å². The molecule has 0 aromatic heterocycles. The number of carbonyl (C=O) groups excluding carboxylic acids is 1. The van der Waals surface area contributed by atoms with Crippen LogP contribution in [0.3, 0.4) is 0 Å². The molecule has 0 radical (unpaired) electrons. The van der Waals surface area contributed by atoms with E-state index in [2.05, 4.69) is 10.6 Å². The first-order chi connectivity index (χ1) is 9.15. The van der Waals surface area contributed by atoms with Crippen LogP contribution in [-0.2, 0) is 4.79 Å². The van der Waals surface area contributed by atoms with Gasteiger partial charge in [-0.25, -0.2) is 4.39 Å². The second kappa shape index (κ2) is 8.34. The van der Waals surface area contributed by atoms with Crippen molar-refractivity contribution in [1.82, 2.24) is 10.6 Å². The molecule has 0 aliphatic carbocycles. The molecule has 112 valence electrons. The highest BCUT2D eigenvalue weighted by Gasteiger charge is 2.22. The van der Waals surface area contributed by atoms with Crippen LogP contribution in [0.1, 0.15) is 6.92 Å². The van der Waals surface area contributed by atoms with E-state index in [0.29, 0.717) is 12.3 Å². The van der Waals surface area contributed by atoms with Crippen molar-refractivity contribution in [2.75, 3.05) is 18.2 Å². The van der Waals surface area contributed by atoms with Gasteiger partial charge in [0.1, 0.15) is 17.7 Å². The zero-order chi connectivity index (χ0) is 13.7. The van der Waals surface area contributed by atoms with Crippen molar-refractivity contribution >= 4 is 30.1 Å². The second-order valence-corrected chi connectivity index (χ2v) is 5.43. The molecule has 0 saturated carbocycles. The van der Waals surface area contributed by atoms with Crippen LogP contribution < -0.4 is 15.4 Å². The van der Waals surface area contributed by atoms with Crippen molar-refractivity contribution in [3.05, 3.63) is 30.1 Å². The minimum absolute atomic E-state index is 0.